The number of aryl methyl sites for hydroxylation is 1. The molecule has 0 atom stereocenters. The highest BCUT2D eigenvalue weighted by atomic mass is 79.9. The van der Waals surface area contributed by atoms with Crippen LogP contribution in [0.5, 0.6) is 11.5 Å². The molecule has 0 fully saturated rings. The minimum absolute atomic E-state index is 0.170. The molecule has 1 heterocycles. The summed E-state index contributed by atoms with van der Waals surface area (Å²) in [4.78, 5) is 13.0. The third kappa shape index (κ3) is 3.66. The monoisotopic (exact) mass is 492 g/mol. The molecule has 0 bridgehead atoms. The molecule has 140 valence electrons. The molecule has 5 nitrogen and oxygen atoms in total. The molecule has 1 aliphatic rings. The van der Waals surface area contributed by atoms with Gasteiger partial charge in [-0.2, -0.15) is 10.1 Å². The number of nitrogens with zero attached hydrogens (tertiary/aromatic N) is 2. The molecule has 0 spiro atoms. The van der Waals surface area contributed by atoms with Gasteiger partial charge in [-0.15, -0.1) is 0 Å². The van der Waals surface area contributed by atoms with Crippen molar-refractivity contribution in [1.29, 1.82) is 0 Å². The topological polar surface area (TPSA) is 51.1 Å². The maximum Gasteiger partial charge on any atom is 0.280 e. The number of carbonyl (C=O) groups excluding carboxylic acids is 1. The minimum Gasteiger partial charge on any atom is -0.493 e. The summed E-state index contributed by atoms with van der Waals surface area (Å²) in [6.07, 6.45) is 1.80. The predicted molar refractivity (Wildman–Crippen MR) is 115 cm³/mol. The number of hydrogen-bond donors (Lipinski definition) is 0. The molecule has 0 N–H and O–H groups in total. The van der Waals surface area contributed by atoms with Crippen LogP contribution in [0, 0.1) is 6.92 Å². The molecule has 27 heavy (non-hydrogen) atoms. The van der Waals surface area contributed by atoms with E-state index in [4.69, 9.17) is 9.47 Å². The predicted octanol–water partition coefficient (Wildman–Crippen LogP) is 5.34. The zero-order valence-electron chi connectivity index (χ0n) is 15.3. The highest BCUT2D eigenvalue weighted by molar-refractivity contribution is 9.13. The van der Waals surface area contributed by atoms with Crippen LogP contribution >= 0.6 is 31.9 Å². The number of rotatable bonds is 4. The molecular weight excluding hydrogens is 476 g/mol. The Balaban J connectivity index is 2.05. The fraction of sp³-hybridized carbons (Fsp3) is 0.200. The Kier molecular flexibility index (Phi) is 5.72. The average Bonchev–Trinajstić information content (AvgIpc) is 2.93. The van der Waals surface area contributed by atoms with Gasteiger partial charge in [0, 0.05) is 4.47 Å². The Hall–Kier alpha value is -2.12. The number of anilines is 1. The number of methoxy groups -OCH3 is 2. The van der Waals surface area contributed by atoms with E-state index in [0.29, 0.717) is 27.3 Å². The summed E-state index contributed by atoms with van der Waals surface area (Å²) in [7, 11) is 3.15. The van der Waals surface area contributed by atoms with Crippen molar-refractivity contribution in [3.8, 4) is 11.5 Å². The standard InChI is InChI=1S/C20H18Br2N2O3/c1-11-6-5-7-14(8-11)24-20(25)15(12(2)23-24)9-13-10-16(26-3)19(27-4)18(22)17(13)21/h5-10H,1-4H3/b15-9+. The second-order valence-electron chi connectivity index (χ2n) is 6.03. The van der Waals surface area contributed by atoms with Crippen molar-refractivity contribution in [1.82, 2.24) is 0 Å². The summed E-state index contributed by atoms with van der Waals surface area (Å²) in [5, 5.41) is 5.86. The van der Waals surface area contributed by atoms with E-state index < -0.39 is 0 Å². The van der Waals surface area contributed by atoms with E-state index in [1.54, 1.807) is 20.3 Å². The van der Waals surface area contributed by atoms with Gasteiger partial charge in [0.2, 0.25) is 0 Å². The van der Waals surface area contributed by atoms with Crippen LogP contribution in [0.2, 0.25) is 0 Å². The first-order chi connectivity index (χ1) is 12.9. The van der Waals surface area contributed by atoms with Crippen molar-refractivity contribution in [3.63, 3.8) is 0 Å². The number of benzene rings is 2. The van der Waals surface area contributed by atoms with Crippen LogP contribution in [0.4, 0.5) is 5.69 Å². The Labute approximate surface area is 174 Å². The van der Waals surface area contributed by atoms with E-state index in [1.807, 2.05) is 44.2 Å². The molecule has 0 saturated heterocycles. The van der Waals surface area contributed by atoms with Crippen molar-refractivity contribution in [2.45, 2.75) is 13.8 Å². The highest BCUT2D eigenvalue weighted by Gasteiger charge is 2.29. The lowest BCUT2D eigenvalue weighted by Gasteiger charge is -2.14. The summed E-state index contributed by atoms with van der Waals surface area (Å²) in [5.74, 6) is 0.974. The Morgan fingerprint density at radius 2 is 1.81 bits per heavy atom. The maximum absolute atomic E-state index is 13.0. The van der Waals surface area contributed by atoms with E-state index in [9.17, 15) is 4.79 Å². The third-order valence-corrected chi connectivity index (χ3v) is 6.33. The van der Waals surface area contributed by atoms with Crippen LogP contribution in [0.25, 0.3) is 6.08 Å². The van der Waals surface area contributed by atoms with E-state index in [-0.39, 0.29) is 5.91 Å². The molecule has 3 rings (SSSR count). The van der Waals surface area contributed by atoms with Gasteiger partial charge in [0.25, 0.3) is 5.91 Å². The summed E-state index contributed by atoms with van der Waals surface area (Å²) in [6, 6.07) is 9.51. The molecule has 0 radical (unpaired) electrons. The quantitative estimate of drug-likeness (QED) is 0.540. The third-order valence-electron chi connectivity index (χ3n) is 4.19. The average molecular weight is 494 g/mol. The molecule has 7 heteroatoms. The van der Waals surface area contributed by atoms with Crippen molar-refractivity contribution < 1.29 is 14.3 Å². The summed E-state index contributed by atoms with van der Waals surface area (Å²) >= 11 is 7.07. The van der Waals surface area contributed by atoms with E-state index >= 15 is 0 Å². The van der Waals surface area contributed by atoms with Crippen LogP contribution in [-0.2, 0) is 4.79 Å². The number of hydrazone groups is 1. The van der Waals surface area contributed by atoms with Gasteiger partial charge in [0.05, 0.1) is 35.7 Å². The zero-order valence-corrected chi connectivity index (χ0v) is 18.5. The number of amides is 1. The van der Waals surface area contributed by atoms with E-state index in [0.717, 1.165) is 21.3 Å². The lowest BCUT2D eigenvalue weighted by atomic mass is 10.1. The van der Waals surface area contributed by atoms with Gasteiger partial charge in [-0.1, -0.05) is 12.1 Å². The smallest absolute Gasteiger partial charge is 0.280 e. The fourth-order valence-electron chi connectivity index (χ4n) is 2.83. The maximum atomic E-state index is 13.0. The molecule has 1 aliphatic heterocycles. The molecular formula is C20H18Br2N2O3. The van der Waals surface area contributed by atoms with Gasteiger partial charge in [0.15, 0.2) is 11.5 Å². The molecule has 2 aromatic rings. The van der Waals surface area contributed by atoms with Crippen LogP contribution in [0.15, 0.2) is 50.0 Å². The number of ether oxygens (including phenoxy) is 2. The SMILES string of the molecule is COc1cc(/C=C2/C(=O)N(c3cccc(C)c3)N=C2C)c(Br)c(Br)c1OC. The van der Waals surface area contributed by atoms with Crippen molar-refractivity contribution in [2.75, 3.05) is 19.2 Å². The van der Waals surface area contributed by atoms with Crippen LogP contribution in [0.1, 0.15) is 18.1 Å². The first kappa shape index (κ1) is 19.6. The van der Waals surface area contributed by atoms with Gasteiger partial charge in [-0.25, -0.2) is 0 Å². The zero-order chi connectivity index (χ0) is 19.7. The van der Waals surface area contributed by atoms with Gasteiger partial charge in [-0.05, 0) is 81.1 Å². The second-order valence-corrected chi connectivity index (χ2v) is 7.61. The lowest BCUT2D eigenvalue weighted by molar-refractivity contribution is -0.114. The van der Waals surface area contributed by atoms with Gasteiger partial charge in [-0.3, -0.25) is 4.79 Å². The fourth-order valence-corrected chi connectivity index (χ4v) is 3.82. The molecule has 2 aromatic carbocycles. The van der Waals surface area contributed by atoms with Gasteiger partial charge >= 0.3 is 0 Å². The van der Waals surface area contributed by atoms with Crippen molar-refractivity contribution >= 4 is 55.2 Å². The first-order valence-corrected chi connectivity index (χ1v) is 9.74. The number of halogens is 2. The lowest BCUT2D eigenvalue weighted by Crippen LogP contribution is -2.21. The Morgan fingerprint density at radius 3 is 2.44 bits per heavy atom. The molecule has 0 unspecified atom stereocenters. The Morgan fingerprint density at radius 1 is 1.07 bits per heavy atom. The van der Waals surface area contributed by atoms with Crippen molar-refractivity contribution in [3.05, 3.63) is 56.0 Å². The number of hydrogen-bond acceptors (Lipinski definition) is 4. The highest BCUT2D eigenvalue weighted by Crippen LogP contribution is 2.43. The van der Waals surface area contributed by atoms with Crippen LogP contribution in [0.3, 0.4) is 0 Å². The van der Waals surface area contributed by atoms with E-state index in [1.165, 1.54) is 5.01 Å². The largest absolute Gasteiger partial charge is 0.493 e. The first-order valence-electron chi connectivity index (χ1n) is 8.15. The molecule has 0 aromatic heterocycles. The van der Waals surface area contributed by atoms with Crippen LogP contribution in [-0.4, -0.2) is 25.8 Å². The van der Waals surface area contributed by atoms with Crippen molar-refractivity contribution in [2.24, 2.45) is 5.10 Å². The summed E-state index contributed by atoms with van der Waals surface area (Å²) in [5.41, 5.74) is 3.77. The molecule has 0 aliphatic carbocycles. The normalized spacial score (nSPS) is 15.3. The van der Waals surface area contributed by atoms with Crippen LogP contribution < -0.4 is 14.5 Å². The summed E-state index contributed by atoms with van der Waals surface area (Å²) < 4.78 is 12.3. The van der Waals surface area contributed by atoms with Gasteiger partial charge < -0.3 is 9.47 Å². The van der Waals surface area contributed by atoms with E-state index in [2.05, 4.69) is 37.0 Å². The summed E-state index contributed by atoms with van der Waals surface area (Å²) in [6.45, 7) is 3.80. The molecule has 1 amide bonds. The molecule has 0 saturated carbocycles. The van der Waals surface area contributed by atoms with Gasteiger partial charge in [0.1, 0.15) is 0 Å². The minimum atomic E-state index is -0.170. The number of carbonyl (C=O) groups is 1. The Bertz CT molecular complexity index is 983. The second kappa shape index (κ2) is 7.86.